The molecule has 3 aromatic carbocycles. The number of nitrogens with zero attached hydrogens (tertiary/aromatic N) is 2. The minimum atomic E-state index is -0.402. The Balaban J connectivity index is 1.51. The number of carbonyl (C=O) groups excluding carboxylic acids is 2. The molecular formula is C30H36N2O5. The van der Waals surface area contributed by atoms with Crippen molar-refractivity contribution in [2.45, 2.75) is 39.0 Å². The molecule has 37 heavy (non-hydrogen) atoms. The summed E-state index contributed by atoms with van der Waals surface area (Å²) < 4.78 is 11.1. The molecule has 7 nitrogen and oxygen atoms in total. The maximum atomic E-state index is 12.9. The van der Waals surface area contributed by atoms with Crippen molar-refractivity contribution in [3.8, 4) is 0 Å². The van der Waals surface area contributed by atoms with Gasteiger partial charge in [-0.15, -0.1) is 0 Å². The normalized spacial score (nSPS) is 10.5. The van der Waals surface area contributed by atoms with Gasteiger partial charge in [-0.1, -0.05) is 91.0 Å². The van der Waals surface area contributed by atoms with Crippen molar-refractivity contribution in [2.75, 3.05) is 26.2 Å². The second-order valence-electron chi connectivity index (χ2n) is 8.76. The first kappa shape index (κ1) is 27.7. The lowest BCUT2D eigenvalue weighted by Crippen LogP contribution is -2.35. The Morgan fingerprint density at radius 1 is 0.568 bits per heavy atom. The average molecular weight is 505 g/mol. The van der Waals surface area contributed by atoms with Crippen molar-refractivity contribution in [3.05, 3.63) is 108 Å². The summed E-state index contributed by atoms with van der Waals surface area (Å²) in [6, 6.07) is 28.9. The van der Waals surface area contributed by atoms with Crippen LogP contribution in [0.25, 0.3) is 0 Å². The van der Waals surface area contributed by atoms with Crippen LogP contribution in [0.5, 0.6) is 0 Å². The van der Waals surface area contributed by atoms with Gasteiger partial charge >= 0.3 is 12.2 Å². The van der Waals surface area contributed by atoms with Gasteiger partial charge in [-0.2, -0.15) is 0 Å². The molecule has 0 aliphatic heterocycles. The van der Waals surface area contributed by atoms with E-state index in [0.29, 0.717) is 45.4 Å². The van der Waals surface area contributed by atoms with E-state index in [1.165, 1.54) is 0 Å². The summed E-state index contributed by atoms with van der Waals surface area (Å²) >= 11 is 0. The van der Waals surface area contributed by atoms with Crippen LogP contribution in [0.2, 0.25) is 0 Å². The van der Waals surface area contributed by atoms with Gasteiger partial charge in [-0.3, -0.25) is 0 Å². The number of benzene rings is 3. The van der Waals surface area contributed by atoms with Crippen molar-refractivity contribution in [3.63, 3.8) is 0 Å². The summed E-state index contributed by atoms with van der Waals surface area (Å²) in [5.41, 5.74) is 2.88. The topological polar surface area (TPSA) is 79.3 Å². The molecular weight excluding hydrogens is 468 g/mol. The van der Waals surface area contributed by atoms with Gasteiger partial charge in [-0.25, -0.2) is 9.59 Å². The van der Waals surface area contributed by atoms with Crippen LogP contribution in [0, 0.1) is 0 Å². The molecule has 0 unspecified atom stereocenters. The molecule has 3 rings (SSSR count). The molecule has 0 aliphatic carbocycles. The standard InChI is InChI=1S/C30H36N2O5/c33-22-12-21-31(29(34)36-24-27-15-6-2-7-16-27)19-10-11-20-32(23-26-13-4-1-5-14-26)30(35)37-25-28-17-8-3-9-18-28/h1-9,13-18,33H,10-12,19-25H2. The number of aliphatic hydroxyl groups excluding tert-OH is 1. The van der Waals surface area contributed by atoms with E-state index >= 15 is 0 Å². The van der Waals surface area contributed by atoms with E-state index in [0.717, 1.165) is 16.7 Å². The van der Waals surface area contributed by atoms with Crippen LogP contribution in [0.3, 0.4) is 0 Å². The van der Waals surface area contributed by atoms with Gasteiger partial charge in [0.1, 0.15) is 13.2 Å². The van der Waals surface area contributed by atoms with Crippen molar-refractivity contribution in [2.24, 2.45) is 0 Å². The van der Waals surface area contributed by atoms with Crippen molar-refractivity contribution in [1.29, 1.82) is 0 Å². The van der Waals surface area contributed by atoms with Gasteiger partial charge in [0, 0.05) is 32.8 Å². The Bertz CT molecular complexity index is 1050. The SMILES string of the molecule is O=C(OCc1ccccc1)N(CCCO)CCCCN(Cc1ccccc1)C(=O)OCc1ccccc1. The van der Waals surface area contributed by atoms with Crippen LogP contribution in [0.1, 0.15) is 36.0 Å². The van der Waals surface area contributed by atoms with Gasteiger partial charge in [0.05, 0.1) is 0 Å². The molecule has 0 atom stereocenters. The first-order valence-corrected chi connectivity index (χ1v) is 12.7. The summed E-state index contributed by atoms with van der Waals surface area (Å²) in [5, 5.41) is 9.25. The summed E-state index contributed by atoms with van der Waals surface area (Å²) in [6.45, 7) is 2.25. The second-order valence-corrected chi connectivity index (χ2v) is 8.76. The maximum Gasteiger partial charge on any atom is 0.410 e. The fraction of sp³-hybridized carbons (Fsp3) is 0.333. The highest BCUT2D eigenvalue weighted by Crippen LogP contribution is 2.11. The molecule has 0 spiro atoms. The number of hydrogen-bond donors (Lipinski definition) is 1. The number of amides is 2. The van der Waals surface area contributed by atoms with E-state index in [-0.39, 0.29) is 25.9 Å². The minimum absolute atomic E-state index is 0.000569. The number of aliphatic hydroxyl groups is 1. The number of hydrogen-bond acceptors (Lipinski definition) is 5. The second kappa shape index (κ2) is 16.0. The van der Waals surface area contributed by atoms with Gasteiger partial charge in [0.25, 0.3) is 0 Å². The maximum absolute atomic E-state index is 12.9. The van der Waals surface area contributed by atoms with E-state index in [1.807, 2.05) is 91.0 Å². The van der Waals surface area contributed by atoms with Crippen molar-refractivity contribution >= 4 is 12.2 Å². The molecule has 0 aliphatic rings. The molecule has 0 fully saturated rings. The van der Waals surface area contributed by atoms with Crippen LogP contribution in [-0.4, -0.2) is 53.3 Å². The molecule has 2 amide bonds. The third kappa shape index (κ3) is 10.4. The molecule has 0 radical (unpaired) electrons. The zero-order valence-corrected chi connectivity index (χ0v) is 21.2. The van der Waals surface area contributed by atoms with Gasteiger partial charge in [0.2, 0.25) is 0 Å². The fourth-order valence-corrected chi connectivity index (χ4v) is 3.82. The number of unbranched alkanes of at least 4 members (excludes halogenated alkanes) is 1. The molecule has 7 heteroatoms. The lowest BCUT2D eigenvalue weighted by atomic mass is 10.2. The third-order valence-electron chi connectivity index (χ3n) is 5.84. The fourth-order valence-electron chi connectivity index (χ4n) is 3.82. The van der Waals surface area contributed by atoms with Crippen molar-refractivity contribution in [1.82, 2.24) is 9.80 Å². The molecule has 0 heterocycles. The van der Waals surface area contributed by atoms with Gasteiger partial charge in [0.15, 0.2) is 0 Å². The monoisotopic (exact) mass is 504 g/mol. The highest BCUT2D eigenvalue weighted by atomic mass is 16.6. The Morgan fingerprint density at radius 2 is 0.973 bits per heavy atom. The Labute approximate surface area is 219 Å². The predicted molar refractivity (Wildman–Crippen MR) is 143 cm³/mol. The van der Waals surface area contributed by atoms with Crippen LogP contribution in [-0.2, 0) is 29.2 Å². The molecule has 1 N–H and O–H groups in total. The average Bonchev–Trinajstić information content (AvgIpc) is 2.95. The quantitative estimate of drug-likeness (QED) is 0.288. The van der Waals surface area contributed by atoms with Crippen LogP contribution in [0.4, 0.5) is 9.59 Å². The zero-order valence-electron chi connectivity index (χ0n) is 21.2. The number of ether oxygens (including phenoxy) is 2. The van der Waals surface area contributed by atoms with Crippen LogP contribution >= 0.6 is 0 Å². The first-order chi connectivity index (χ1) is 18.2. The summed E-state index contributed by atoms with van der Waals surface area (Å²) in [7, 11) is 0. The summed E-state index contributed by atoms with van der Waals surface area (Å²) in [5.74, 6) is 0. The third-order valence-corrected chi connectivity index (χ3v) is 5.84. The Hall–Kier alpha value is -3.84. The van der Waals surface area contributed by atoms with E-state index < -0.39 is 6.09 Å². The molecule has 0 bridgehead atoms. The molecule has 0 aromatic heterocycles. The largest absolute Gasteiger partial charge is 0.445 e. The Kier molecular flexibility index (Phi) is 12.0. The molecule has 3 aromatic rings. The molecule has 0 saturated heterocycles. The van der Waals surface area contributed by atoms with Gasteiger partial charge in [-0.05, 0) is 36.0 Å². The molecule has 0 saturated carbocycles. The van der Waals surface area contributed by atoms with E-state index in [2.05, 4.69) is 0 Å². The highest BCUT2D eigenvalue weighted by Gasteiger charge is 2.18. The van der Waals surface area contributed by atoms with E-state index in [1.54, 1.807) is 9.80 Å². The first-order valence-electron chi connectivity index (χ1n) is 12.7. The predicted octanol–water partition coefficient (Wildman–Crippen LogP) is 5.63. The van der Waals surface area contributed by atoms with Crippen LogP contribution < -0.4 is 0 Å². The lowest BCUT2D eigenvalue weighted by molar-refractivity contribution is 0.0873. The van der Waals surface area contributed by atoms with Crippen LogP contribution in [0.15, 0.2) is 91.0 Å². The zero-order chi connectivity index (χ0) is 26.1. The van der Waals surface area contributed by atoms with Crippen molar-refractivity contribution < 1.29 is 24.2 Å². The highest BCUT2D eigenvalue weighted by molar-refractivity contribution is 5.68. The number of rotatable bonds is 14. The minimum Gasteiger partial charge on any atom is -0.445 e. The summed E-state index contributed by atoms with van der Waals surface area (Å²) in [6.07, 6.45) is 1.08. The lowest BCUT2D eigenvalue weighted by Gasteiger charge is -2.24. The number of carbonyl (C=O) groups is 2. The van der Waals surface area contributed by atoms with Gasteiger partial charge < -0.3 is 24.4 Å². The van der Waals surface area contributed by atoms with E-state index in [4.69, 9.17) is 9.47 Å². The Morgan fingerprint density at radius 3 is 1.46 bits per heavy atom. The molecule has 196 valence electrons. The van der Waals surface area contributed by atoms with E-state index in [9.17, 15) is 14.7 Å². The summed E-state index contributed by atoms with van der Waals surface area (Å²) in [4.78, 5) is 28.9. The smallest absolute Gasteiger partial charge is 0.410 e.